The van der Waals surface area contributed by atoms with E-state index < -0.39 is 5.91 Å². The molecule has 0 saturated heterocycles. The van der Waals surface area contributed by atoms with E-state index >= 15 is 0 Å². The first-order chi connectivity index (χ1) is 17.5. The van der Waals surface area contributed by atoms with Crippen LogP contribution in [0.4, 0.5) is 5.69 Å². The molecule has 0 saturated carbocycles. The number of hydrogen-bond acceptors (Lipinski definition) is 6. The molecule has 36 heavy (non-hydrogen) atoms. The van der Waals surface area contributed by atoms with Gasteiger partial charge in [-0.05, 0) is 57.5 Å². The van der Waals surface area contributed by atoms with Gasteiger partial charge in [-0.25, -0.2) is 10.4 Å². The minimum Gasteiger partial charge on any atom is -0.456 e. The summed E-state index contributed by atoms with van der Waals surface area (Å²) in [5.41, 5.74) is 4.40. The molecule has 0 unspecified atom stereocenters. The van der Waals surface area contributed by atoms with Crippen molar-refractivity contribution in [3.05, 3.63) is 76.5 Å². The molecular formula is C28H32N5O3+. The van der Waals surface area contributed by atoms with Crippen LogP contribution in [0.15, 0.2) is 70.4 Å². The van der Waals surface area contributed by atoms with Gasteiger partial charge in [0.25, 0.3) is 5.91 Å². The van der Waals surface area contributed by atoms with Crippen molar-refractivity contribution < 1.29 is 9.21 Å². The highest BCUT2D eigenvalue weighted by Gasteiger charge is 2.24. The fourth-order valence-corrected chi connectivity index (χ4v) is 4.78. The van der Waals surface area contributed by atoms with Gasteiger partial charge in [0.2, 0.25) is 5.36 Å². The molecule has 1 heterocycles. The molecule has 2 aromatic rings. The van der Waals surface area contributed by atoms with E-state index in [0.29, 0.717) is 22.0 Å². The Hall–Kier alpha value is -4.04. The van der Waals surface area contributed by atoms with Crippen LogP contribution in [-0.2, 0) is 0 Å². The van der Waals surface area contributed by atoms with Crippen molar-refractivity contribution in [1.82, 2.24) is 9.69 Å². The number of fused-ring (bicyclic) bond motifs is 2. The highest BCUT2D eigenvalue weighted by molar-refractivity contribution is 6.09. The van der Waals surface area contributed by atoms with E-state index in [9.17, 15) is 9.70 Å². The lowest BCUT2D eigenvalue weighted by Crippen LogP contribution is -2.32. The van der Waals surface area contributed by atoms with Crippen molar-refractivity contribution >= 4 is 22.6 Å². The molecule has 2 aliphatic rings. The number of nitrogens with zero attached hydrogens (tertiary/aromatic N) is 4. The number of hydrogen-bond donors (Lipinski definition) is 1. The zero-order valence-electron chi connectivity index (χ0n) is 21.2. The Balaban J connectivity index is 2.12. The maximum Gasteiger partial charge on any atom is 0.292 e. The predicted octanol–water partition coefficient (Wildman–Crippen LogP) is 4.86. The zero-order valence-corrected chi connectivity index (χ0v) is 21.2. The van der Waals surface area contributed by atoms with Gasteiger partial charge in [-0.1, -0.05) is 18.2 Å². The van der Waals surface area contributed by atoms with Crippen LogP contribution in [-0.4, -0.2) is 37.2 Å². The Kier molecular flexibility index (Phi) is 7.45. The Bertz CT molecular complexity index is 1450. The number of hydrazine groups is 1. The molecule has 1 aliphatic carbocycles. The maximum absolute atomic E-state index is 13.0. The SMILES string of the molecule is CCN(CC)c1ccc2c(-c3ccccc3C(=O)N(N)N=O)c3ccc(=[N+](CC)CC)cc-3oc2c1. The Morgan fingerprint density at radius 3 is 2.33 bits per heavy atom. The summed E-state index contributed by atoms with van der Waals surface area (Å²) in [7, 11) is 0. The second kappa shape index (κ2) is 10.7. The van der Waals surface area contributed by atoms with Crippen LogP contribution < -0.4 is 20.7 Å². The van der Waals surface area contributed by atoms with Crippen LogP contribution in [0.2, 0.25) is 0 Å². The average molecular weight is 487 g/mol. The van der Waals surface area contributed by atoms with Gasteiger partial charge in [0.15, 0.2) is 0 Å². The van der Waals surface area contributed by atoms with Crippen LogP contribution in [0.5, 0.6) is 0 Å². The number of nitrogens with two attached hydrogens (primary N) is 1. The first-order valence-corrected chi connectivity index (χ1v) is 12.3. The fourth-order valence-electron chi connectivity index (χ4n) is 4.78. The minimum absolute atomic E-state index is 0.286. The first-order valence-electron chi connectivity index (χ1n) is 12.3. The molecule has 4 rings (SSSR count). The van der Waals surface area contributed by atoms with E-state index in [2.05, 4.69) is 54.6 Å². The summed E-state index contributed by atoms with van der Waals surface area (Å²) in [5.74, 6) is 5.59. The lowest BCUT2D eigenvalue weighted by atomic mass is 9.90. The lowest BCUT2D eigenvalue weighted by Gasteiger charge is -2.22. The van der Waals surface area contributed by atoms with Crippen molar-refractivity contribution in [3.63, 3.8) is 0 Å². The van der Waals surface area contributed by atoms with E-state index in [0.717, 1.165) is 53.7 Å². The molecule has 0 bridgehead atoms. The molecule has 2 aromatic carbocycles. The van der Waals surface area contributed by atoms with Gasteiger partial charge >= 0.3 is 0 Å². The summed E-state index contributed by atoms with van der Waals surface area (Å²) in [6.07, 6.45) is 0. The third kappa shape index (κ3) is 4.47. The number of carbonyl (C=O) groups is 1. The van der Waals surface area contributed by atoms with E-state index in [1.165, 1.54) is 0 Å². The number of nitroso groups, excluding NO2 is 1. The quantitative estimate of drug-likeness (QED) is 0.0958. The first kappa shape index (κ1) is 25.1. The second-order valence-electron chi connectivity index (χ2n) is 8.46. The predicted molar refractivity (Wildman–Crippen MR) is 144 cm³/mol. The van der Waals surface area contributed by atoms with Gasteiger partial charge in [0.05, 0.1) is 16.9 Å². The van der Waals surface area contributed by atoms with Crippen LogP contribution in [0.25, 0.3) is 33.4 Å². The third-order valence-electron chi connectivity index (χ3n) is 6.67. The molecule has 0 radical (unpaired) electrons. The second-order valence-corrected chi connectivity index (χ2v) is 8.46. The summed E-state index contributed by atoms with van der Waals surface area (Å²) in [6, 6.07) is 19.4. The van der Waals surface area contributed by atoms with Gasteiger partial charge in [-0.2, -0.15) is 0 Å². The van der Waals surface area contributed by atoms with E-state index in [1.54, 1.807) is 12.1 Å². The molecule has 8 nitrogen and oxygen atoms in total. The van der Waals surface area contributed by atoms with Crippen molar-refractivity contribution in [3.8, 4) is 22.5 Å². The summed E-state index contributed by atoms with van der Waals surface area (Å²) >= 11 is 0. The van der Waals surface area contributed by atoms with Gasteiger partial charge < -0.3 is 9.32 Å². The van der Waals surface area contributed by atoms with Gasteiger partial charge in [-0.15, -0.1) is 10.0 Å². The summed E-state index contributed by atoms with van der Waals surface area (Å²) in [5, 5.41) is 4.85. The molecular weight excluding hydrogens is 454 g/mol. The molecule has 0 aromatic heterocycles. The fraction of sp³-hybridized carbons (Fsp3) is 0.286. The highest BCUT2D eigenvalue weighted by Crippen LogP contribution is 2.42. The smallest absolute Gasteiger partial charge is 0.292 e. The topological polar surface area (TPSA) is 95.2 Å². The van der Waals surface area contributed by atoms with Crippen LogP contribution in [0.1, 0.15) is 38.1 Å². The van der Waals surface area contributed by atoms with E-state index in [-0.39, 0.29) is 5.56 Å². The maximum atomic E-state index is 13.0. The average Bonchev–Trinajstić information content (AvgIpc) is 2.92. The largest absolute Gasteiger partial charge is 0.456 e. The van der Waals surface area contributed by atoms with Crippen molar-refractivity contribution in [2.24, 2.45) is 11.1 Å². The number of carbonyl (C=O) groups excluding carboxylic acids is 1. The van der Waals surface area contributed by atoms with Crippen LogP contribution >= 0.6 is 0 Å². The number of amides is 1. The molecule has 0 atom stereocenters. The number of rotatable bonds is 8. The standard InChI is InChI=1S/C28H31N5O3/c1-5-31(6-2)19-13-15-23-25(17-19)36-26-18-20(32(7-3)8-4)14-16-24(26)27(23)21-11-9-10-12-22(21)28(34)33(29)30-35/h9-18,29H,5-8H2,1-4H3/p+1. The molecule has 0 spiro atoms. The van der Waals surface area contributed by atoms with Gasteiger partial charge in [0, 0.05) is 47.4 Å². The van der Waals surface area contributed by atoms with Crippen molar-refractivity contribution in [1.29, 1.82) is 0 Å². The molecule has 1 aliphatic heterocycles. The van der Waals surface area contributed by atoms with Gasteiger partial charge in [-0.3, -0.25) is 4.79 Å². The number of benzene rings is 3. The molecule has 186 valence electrons. The van der Waals surface area contributed by atoms with Gasteiger partial charge in [0.1, 0.15) is 24.4 Å². The summed E-state index contributed by atoms with van der Waals surface area (Å²) < 4.78 is 8.75. The molecule has 1 amide bonds. The summed E-state index contributed by atoms with van der Waals surface area (Å²) in [6.45, 7) is 12.0. The van der Waals surface area contributed by atoms with Crippen molar-refractivity contribution in [2.75, 3.05) is 31.1 Å². The molecule has 0 fully saturated rings. The Labute approximate surface area is 210 Å². The normalized spacial score (nSPS) is 11.0. The summed E-state index contributed by atoms with van der Waals surface area (Å²) in [4.78, 5) is 26.2. The van der Waals surface area contributed by atoms with E-state index in [1.807, 2.05) is 36.4 Å². The number of anilines is 1. The lowest BCUT2D eigenvalue weighted by molar-refractivity contribution is 0.0758. The highest BCUT2D eigenvalue weighted by atomic mass is 16.3. The zero-order chi connectivity index (χ0) is 25.8. The van der Waals surface area contributed by atoms with Crippen molar-refractivity contribution in [2.45, 2.75) is 27.7 Å². The van der Waals surface area contributed by atoms with Crippen LogP contribution in [0, 0.1) is 4.91 Å². The monoisotopic (exact) mass is 486 g/mol. The van der Waals surface area contributed by atoms with E-state index in [4.69, 9.17) is 10.3 Å². The minimum atomic E-state index is -0.679. The molecule has 8 heteroatoms. The Morgan fingerprint density at radius 1 is 0.944 bits per heavy atom. The van der Waals surface area contributed by atoms with Crippen LogP contribution in [0.3, 0.4) is 0 Å². The molecule has 2 N–H and O–H groups in total. The third-order valence-corrected chi connectivity index (χ3v) is 6.67. The Morgan fingerprint density at radius 2 is 1.67 bits per heavy atom.